The van der Waals surface area contributed by atoms with E-state index in [4.69, 9.17) is 0 Å². The van der Waals surface area contributed by atoms with E-state index in [0.717, 1.165) is 4.90 Å². The third-order valence-corrected chi connectivity index (χ3v) is 5.11. The Balaban J connectivity index is 1.60. The second-order valence-electron chi connectivity index (χ2n) is 5.89. The van der Waals surface area contributed by atoms with Crippen molar-refractivity contribution in [2.24, 2.45) is 0 Å². The summed E-state index contributed by atoms with van der Waals surface area (Å²) < 4.78 is 13.9. The number of piperazine rings is 1. The molecule has 1 aliphatic heterocycles. The van der Waals surface area contributed by atoms with Crippen molar-refractivity contribution in [3.05, 3.63) is 54.3 Å². The molecule has 1 aliphatic rings. The minimum absolute atomic E-state index is 0.279. The Bertz CT molecular complexity index is 807. The number of nitrogens with one attached hydrogen (secondary N) is 1. The summed E-state index contributed by atoms with van der Waals surface area (Å²) in [6.07, 6.45) is 1.91. The number of hydrogen-bond acceptors (Lipinski definition) is 4. The van der Waals surface area contributed by atoms with Gasteiger partial charge in [-0.1, -0.05) is 24.3 Å². The van der Waals surface area contributed by atoms with Gasteiger partial charge in [-0.15, -0.1) is 11.8 Å². The summed E-state index contributed by atoms with van der Waals surface area (Å²) in [5.74, 6) is -1.49. The highest BCUT2D eigenvalue weighted by Crippen LogP contribution is 2.25. The van der Waals surface area contributed by atoms with E-state index >= 15 is 0 Å². The molecule has 26 heavy (non-hydrogen) atoms. The molecule has 1 fully saturated rings. The van der Waals surface area contributed by atoms with Crippen LogP contribution in [0.4, 0.5) is 15.8 Å². The highest BCUT2D eigenvalue weighted by molar-refractivity contribution is 7.98. The predicted molar refractivity (Wildman–Crippen MR) is 102 cm³/mol. The Morgan fingerprint density at radius 2 is 1.65 bits per heavy atom. The standard InChI is InChI=1S/C19H20FN3O2S/c1-26-17-9-5-3-7-15(17)21-18(24)19(25)23-12-10-22(11-13-23)16-8-4-2-6-14(16)20/h2-9H,10-13H2,1H3,(H,21,24). The molecule has 0 unspecified atom stereocenters. The van der Waals surface area contributed by atoms with Crippen molar-refractivity contribution in [3.63, 3.8) is 0 Å². The van der Waals surface area contributed by atoms with Crippen LogP contribution in [0.2, 0.25) is 0 Å². The summed E-state index contributed by atoms with van der Waals surface area (Å²) in [5.41, 5.74) is 1.15. The van der Waals surface area contributed by atoms with Gasteiger partial charge in [-0.2, -0.15) is 0 Å². The van der Waals surface area contributed by atoms with Crippen LogP contribution >= 0.6 is 11.8 Å². The van der Waals surface area contributed by atoms with E-state index in [1.165, 1.54) is 22.7 Å². The number of para-hydroxylation sites is 2. The molecule has 7 heteroatoms. The second kappa shape index (κ2) is 8.23. The topological polar surface area (TPSA) is 52.7 Å². The van der Waals surface area contributed by atoms with Gasteiger partial charge in [-0.25, -0.2) is 4.39 Å². The molecule has 0 aliphatic carbocycles. The molecule has 2 aromatic rings. The molecule has 0 radical (unpaired) electrons. The van der Waals surface area contributed by atoms with Crippen molar-refractivity contribution in [3.8, 4) is 0 Å². The Kier molecular flexibility index (Phi) is 5.78. The molecule has 1 saturated heterocycles. The molecule has 0 saturated carbocycles. The van der Waals surface area contributed by atoms with Gasteiger partial charge in [0, 0.05) is 31.1 Å². The van der Waals surface area contributed by atoms with Crippen molar-refractivity contribution in [2.45, 2.75) is 4.90 Å². The van der Waals surface area contributed by atoms with Crippen molar-refractivity contribution in [1.82, 2.24) is 4.90 Å². The fourth-order valence-corrected chi connectivity index (χ4v) is 3.48. The first-order chi connectivity index (χ1) is 12.6. The number of carbonyl (C=O) groups excluding carboxylic acids is 2. The van der Waals surface area contributed by atoms with Gasteiger partial charge in [0.2, 0.25) is 0 Å². The molecular formula is C19H20FN3O2S. The maximum Gasteiger partial charge on any atom is 0.313 e. The Labute approximate surface area is 156 Å². The van der Waals surface area contributed by atoms with E-state index in [1.54, 1.807) is 24.3 Å². The number of anilines is 2. The summed E-state index contributed by atoms with van der Waals surface area (Å²) >= 11 is 1.50. The van der Waals surface area contributed by atoms with Crippen LogP contribution in [0.3, 0.4) is 0 Å². The fraction of sp³-hybridized carbons (Fsp3) is 0.263. The quantitative estimate of drug-likeness (QED) is 0.664. The molecule has 0 bridgehead atoms. The van der Waals surface area contributed by atoms with Gasteiger partial charge in [0.15, 0.2) is 0 Å². The Hall–Kier alpha value is -2.54. The summed E-state index contributed by atoms with van der Waals surface area (Å²) in [4.78, 5) is 29.0. The normalized spacial score (nSPS) is 14.2. The number of thioether (sulfide) groups is 1. The van der Waals surface area contributed by atoms with Crippen LogP contribution in [0.15, 0.2) is 53.4 Å². The van der Waals surface area contributed by atoms with Crippen LogP contribution in [-0.4, -0.2) is 49.1 Å². The zero-order valence-electron chi connectivity index (χ0n) is 14.4. The van der Waals surface area contributed by atoms with Gasteiger partial charge < -0.3 is 15.1 Å². The number of rotatable bonds is 3. The smallest absolute Gasteiger partial charge is 0.313 e. The van der Waals surface area contributed by atoms with Crippen molar-refractivity contribution >= 4 is 35.0 Å². The van der Waals surface area contributed by atoms with Crippen LogP contribution in [0.25, 0.3) is 0 Å². The highest BCUT2D eigenvalue weighted by atomic mass is 32.2. The van der Waals surface area contributed by atoms with Crippen LogP contribution in [0.1, 0.15) is 0 Å². The summed E-state index contributed by atoms with van der Waals surface area (Å²) in [6.45, 7) is 1.73. The van der Waals surface area contributed by atoms with Crippen molar-refractivity contribution < 1.29 is 14.0 Å². The first-order valence-corrected chi connectivity index (χ1v) is 9.55. The average molecular weight is 373 g/mol. The van der Waals surface area contributed by atoms with Crippen molar-refractivity contribution in [2.75, 3.05) is 42.7 Å². The molecule has 0 spiro atoms. The average Bonchev–Trinajstić information content (AvgIpc) is 2.68. The van der Waals surface area contributed by atoms with E-state index < -0.39 is 11.8 Å². The minimum Gasteiger partial charge on any atom is -0.366 e. The number of benzene rings is 2. The lowest BCUT2D eigenvalue weighted by atomic mass is 10.2. The molecule has 3 rings (SSSR count). The molecule has 0 atom stereocenters. The van der Waals surface area contributed by atoms with E-state index in [-0.39, 0.29) is 5.82 Å². The molecular weight excluding hydrogens is 353 g/mol. The molecule has 1 heterocycles. The van der Waals surface area contributed by atoms with Crippen LogP contribution < -0.4 is 10.2 Å². The van der Waals surface area contributed by atoms with Gasteiger partial charge in [0.25, 0.3) is 0 Å². The maximum atomic E-state index is 13.9. The first kappa shape index (κ1) is 18.3. The zero-order chi connectivity index (χ0) is 18.5. The first-order valence-electron chi connectivity index (χ1n) is 8.33. The van der Waals surface area contributed by atoms with Gasteiger partial charge in [-0.05, 0) is 30.5 Å². The number of halogens is 1. The molecule has 5 nitrogen and oxygen atoms in total. The molecule has 1 N–H and O–H groups in total. The number of carbonyl (C=O) groups is 2. The third-order valence-electron chi connectivity index (χ3n) is 4.31. The largest absolute Gasteiger partial charge is 0.366 e. The number of amides is 2. The monoisotopic (exact) mass is 373 g/mol. The molecule has 0 aromatic heterocycles. The lowest BCUT2D eigenvalue weighted by molar-refractivity contribution is -0.143. The van der Waals surface area contributed by atoms with E-state index in [1.807, 2.05) is 29.4 Å². The maximum absolute atomic E-state index is 13.9. The SMILES string of the molecule is CSc1ccccc1NC(=O)C(=O)N1CCN(c2ccccc2F)CC1. The Morgan fingerprint density at radius 3 is 2.35 bits per heavy atom. The second-order valence-corrected chi connectivity index (χ2v) is 6.73. The van der Waals surface area contributed by atoms with Crippen LogP contribution in [0, 0.1) is 5.82 Å². The van der Waals surface area contributed by atoms with E-state index in [0.29, 0.717) is 37.6 Å². The summed E-state index contributed by atoms with van der Waals surface area (Å²) in [7, 11) is 0. The van der Waals surface area contributed by atoms with Gasteiger partial charge in [0.1, 0.15) is 5.82 Å². The zero-order valence-corrected chi connectivity index (χ0v) is 15.3. The fourth-order valence-electron chi connectivity index (χ4n) is 2.93. The molecule has 2 amide bonds. The van der Waals surface area contributed by atoms with E-state index in [2.05, 4.69) is 5.32 Å². The third kappa shape index (κ3) is 3.99. The lowest BCUT2D eigenvalue weighted by Gasteiger charge is -2.35. The van der Waals surface area contributed by atoms with Gasteiger partial charge in [-0.3, -0.25) is 9.59 Å². The van der Waals surface area contributed by atoms with Crippen LogP contribution in [-0.2, 0) is 9.59 Å². The molecule has 2 aromatic carbocycles. The van der Waals surface area contributed by atoms with Crippen molar-refractivity contribution in [1.29, 1.82) is 0 Å². The van der Waals surface area contributed by atoms with Crippen LogP contribution in [0.5, 0.6) is 0 Å². The Morgan fingerprint density at radius 1 is 1.00 bits per heavy atom. The lowest BCUT2D eigenvalue weighted by Crippen LogP contribution is -2.51. The van der Waals surface area contributed by atoms with Gasteiger partial charge in [0.05, 0.1) is 11.4 Å². The summed E-state index contributed by atoms with van der Waals surface area (Å²) in [5, 5.41) is 2.69. The van der Waals surface area contributed by atoms with E-state index in [9.17, 15) is 14.0 Å². The summed E-state index contributed by atoms with van der Waals surface area (Å²) in [6, 6.07) is 13.9. The predicted octanol–water partition coefficient (Wildman–Crippen LogP) is 2.83. The molecule has 136 valence electrons. The van der Waals surface area contributed by atoms with Gasteiger partial charge >= 0.3 is 11.8 Å². The number of hydrogen-bond donors (Lipinski definition) is 1. The highest BCUT2D eigenvalue weighted by Gasteiger charge is 2.27. The minimum atomic E-state index is -0.647. The number of nitrogens with zero attached hydrogens (tertiary/aromatic N) is 2.